The topological polar surface area (TPSA) is 128 Å². The van der Waals surface area contributed by atoms with Gasteiger partial charge in [0.2, 0.25) is 0 Å². The molecule has 32 heavy (non-hydrogen) atoms. The molecule has 0 radical (unpaired) electrons. The maximum atomic E-state index is 12.2. The van der Waals surface area contributed by atoms with Crippen molar-refractivity contribution in [3.05, 3.63) is 68.7 Å². The van der Waals surface area contributed by atoms with Gasteiger partial charge in [-0.05, 0) is 29.2 Å². The van der Waals surface area contributed by atoms with Gasteiger partial charge >= 0.3 is 5.97 Å². The van der Waals surface area contributed by atoms with Gasteiger partial charge in [-0.15, -0.1) is 0 Å². The zero-order valence-electron chi connectivity index (χ0n) is 17.9. The summed E-state index contributed by atoms with van der Waals surface area (Å²) in [5, 5.41) is 15.9. The van der Waals surface area contributed by atoms with Crippen LogP contribution in [0.15, 0.2) is 42.5 Å². The number of hydrogen-bond donors (Lipinski definition) is 2. The van der Waals surface area contributed by atoms with Gasteiger partial charge in [0.05, 0.1) is 22.1 Å². The summed E-state index contributed by atoms with van der Waals surface area (Å²) in [7, 11) is 0. The van der Waals surface area contributed by atoms with E-state index in [2.05, 4.69) is 31.4 Å². The molecule has 2 rings (SSSR count). The Hall–Kier alpha value is -3.46. The van der Waals surface area contributed by atoms with Crippen molar-refractivity contribution in [3.8, 4) is 0 Å². The van der Waals surface area contributed by atoms with E-state index in [0.717, 1.165) is 11.6 Å². The zero-order chi connectivity index (χ0) is 23.9. The average Bonchev–Trinajstić information content (AvgIpc) is 2.73. The summed E-state index contributed by atoms with van der Waals surface area (Å²) < 4.78 is 4.86. The Kier molecular flexibility index (Phi) is 8.31. The Labute approximate surface area is 190 Å². The number of benzene rings is 2. The predicted molar refractivity (Wildman–Crippen MR) is 120 cm³/mol. The van der Waals surface area contributed by atoms with Crippen LogP contribution < -0.4 is 10.6 Å². The predicted octanol–water partition coefficient (Wildman–Crippen LogP) is 3.85. The molecular formula is C22H24ClN3O6. The summed E-state index contributed by atoms with van der Waals surface area (Å²) in [4.78, 5) is 46.1. The van der Waals surface area contributed by atoms with E-state index in [1.807, 2.05) is 12.1 Å². The lowest BCUT2D eigenvalue weighted by Gasteiger charge is -2.19. The van der Waals surface area contributed by atoms with Crippen LogP contribution in [0.3, 0.4) is 0 Å². The van der Waals surface area contributed by atoms with Crippen LogP contribution in [0.4, 0.5) is 11.4 Å². The van der Waals surface area contributed by atoms with Crippen molar-refractivity contribution in [2.45, 2.75) is 32.6 Å². The van der Waals surface area contributed by atoms with Gasteiger partial charge < -0.3 is 15.4 Å². The largest absolute Gasteiger partial charge is 0.456 e. The molecule has 0 fully saturated rings. The molecule has 0 saturated heterocycles. The minimum atomic E-state index is -0.705. The molecule has 170 valence electrons. The first-order valence-corrected chi connectivity index (χ1v) is 10.1. The average molecular weight is 462 g/mol. The molecule has 0 aliphatic carbocycles. The number of nitro groups is 1. The number of amides is 2. The standard InChI is InChI=1S/C22H24ClN3O6/c1-22(2,3)15-6-4-14(5-7-15)21(29)24-11-10-20(28)32-13-19(27)25-18-12-16(26(30)31)8-9-17(18)23/h4-9,12H,10-11,13H2,1-3H3,(H,24,29)(H,25,27). The molecule has 0 spiro atoms. The van der Waals surface area contributed by atoms with E-state index in [-0.39, 0.29) is 40.7 Å². The molecule has 2 aromatic carbocycles. The van der Waals surface area contributed by atoms with Gasteiger partial charge in [0, 0.05) is 24.2 Å². The number of hydrogen-bond acceptors (Lipinski definition) is 6. The summed E-state index contributed by atoms with van der Waals surface area (Å²) >= 11 is 5.90. The van der Waals surface area contributed by atoms with Crippen LogP contribution in [0.2, 0.25) is 5.02 Å². The monoisotopic (exact) mass is 461 g/mol. The number of nitrogens with one attached hydrogen (secondary N) is 2. The van der Waals surface area contributed by atoms with Crippen LogP contribution in [-0.4, -0.2) is 35.9 Å². The van der Waals surface area contributed by atoms with Gasteiger partial charge in [0.1, 0.15) is 0 Å². The fraction of sp³-hybridized carbons (Fsp3) is 0.318. The SMILES string of the molecule is CC(C)(C)c1ccc(C(=O)NCCC(=O)OCC(=O)Nc2cc([N+](=O)[O-])ccc2Cl)cc1. The lowest BCUT2D eigenvalue weighted by atomic mass is 9.87. The van der Waals surface area contributed by atoms with Crippen LogP contribution in [0, 0.1) is 10.1 Å². The zero-order valence-corrected chi connectivity index (χ0v) is 18.7. The number of rotatable bonds is 8. The highest BCUT2D eigenvalue weighted by atomic mass is 35.5. The van der Waals surface area contributed by atoms with Crippen LogP contribution in [0.25, 0.3) is 0 Å². The maximum absolute atomic E-state index is 12.2. The van der Waals surface area contributed by atoms with E-state index in [1.165, 1.54) is 12.1 Å². The van der Waals surface area contributed by atoms with Crippen LogP contribution in [0.1, 0.15) is 43.1 Å². The van der Waals surface area contributed by atoms with Crippen molar-refractivity contribution in [3.63, 3.8) is 0 Å². The van der Waals surface area contributed by atoms with Crippen LogP contribution in [0.5, 0.6) is 0 Å². The number of nitrogens with zero attached hydrogens (tertiary/aromatic N) is 1. The Morgan fingerprint density at radius 3 is 2.34 bits per heavy atom. The number of anilines is 1. The lowest BCUT2D eigenvalue weighted by Crippen LogP contribution is -2.27. The van der Waals surface area contributed by atoms with Gasteiger partial charge in [0.25, 0.3) is 17.5 Å². The quantitative estimate of drug-likeness (QED) is 0.349. The van der Waals surface area contributed by atoms with Gasteiger partial charge in [-0.25, -0.2) is 0 Å². The molecule has 2 N–H and O–H groups in total. The van der Waals surface area contributed by atoms with E-state index in [1.54, 1.807) is 12.1 Å². The highest BCUT2D eigenvalue weighted by molar-refractivity contribution is 6.33. The van der Waals surface area contributed by atoms with Crippen molar-refractivity contribution >= 4 is 40.8 Å². The van der Waals surface area contributed by atoms with E-state index in [4.69, 9.17) is 16.3 Å². The Bertz CT molecular complexity index is 1020. The Balaban J connectivity index is 1.75. The second-order valence-electron chi connectivity index (χ2n) is 7.96. The van der Waals surface area contributed by atoms with Crippen molar-refractivity contribution in [2.75, 3.05) is 18.5 Å². The van der Waals surface area contributed by atoms with Crippen molar-refractivity contribution in [1.82, 2.24) is 5.32 Å². The van der Waals surface area contributed by atoms with E-state index in [0.29, 0.717) is 5.56 Å². The van der Waals surface area contributed by atoms with Crippen molar-refractivity contribution < 1.29 is 24.0 Å². The van der Waals surface area contributed by atoms with Gasteiger partial charge in [-0.1, -0.05) is 44.5 Å². The number of esters is 1. The highest BCUT2D eigenvalue weighted by Crippen LogP contribution is 2.26. The van der Waals surface area contributed by atoms with E-state index in [9.17, 15) is 24.5 Å². The number of halogens is 1. The van der Waals surface area contributed by atoms with Crippen molar-refractivity contribution in [2.24, 2.45) is 0 Å². The summed E-state index contributed by atoms with van der Waals surface area (Å²) in [5.74, 6) is -1.71. The van der Waals surface area contributed by atoms with E-state index < -0.39 is 23.4 Å². The third-order valence-corrected chi connectivity index (χ3v) is 4.76. The molecule has 0 saturated carbocycles. The summed E-state index contributed by atoms with van der Waals surface area (Å²) in [6.07, 6.45) is -0.128. The molecule has 0 atom stereocenters. The second kappa shape index (κ2) is 10.7. The fourth-order valence-corrected chi connectivity index (χ4v) is 2.79. The third kappa shape index (κ3) is 7.35. The second-order valence-corrected chi connectivity index (χ2v) is 8.37. The number of ether oxygens (including phenoxy) is 1. The molecule has 2 amide bonds. The number of carbonyl (C=O) groups is 3. The first-order valence-electron chi connectivity index (χ1n) is 9.75. The van der Waals surface area contributed by atoms with Gasteiger partial charge in [-0.3, -0.25) is 24.5 Å². The molecule has 0 unspecified atom stereocenters. The normalized spacial score (nSPS) is 10.9. The number of carbonyl (C=O) groups excluding carboxylic acids is 3. The number of nitro benzene ring substituents is 1. The first-order chi connectivity index (χ1) is 15.0. The molecule has 9 nitrogen and oxygen atoms in total. The molecule has 0 aliphatic rings. The van der Waals surface area contributed by atoms with E-state index >= 15 is 0 Å². The molecule has 0 heterocycles. The lowest BCUT2D eigenvalue weighted by molar-refractivity contribution is -0.384. The Morgan fingerprint density at radius 1 is 1.09 bits per heavy atom. The minimum absolute atomic E-state index is 0.0222. The molecule has 2 aromatic rings. The fourth-order valence-electron chi connectivity index (χ4n) is 2.63. The van der Waals surface area contributed by atoms with Crippen molar-refractivity contribution in [1.29, 1.82) is 0 Å². The molecule has 0 aromatic heterocycles. The number of non-ortho nitro benzene ring substituents is 1. The first kappa shape index (κ1) is 24.8. The summed E-state index contributed by atoms with van der Waals surface area (Å²) in [6.45, 7) is 5.67. The van der Waals surface area contributed by atoms with Gasteiger partial charge in [0.15, 0.2) is 6.61 Å². The highest BCUT2D eigenvalue weighted by Gasteiger charge is 2.15. The smallest absolute Gasteiger partial charge is 0.308 e. The third-order valence-electron chi connectivity index (χ3n) is 4.43. The molecule has 10 heteroatoms. The summed E-state index contributed by atoms with van der Waals surface area (Å²) in [5.41, 5.74) is 1.34. The maximum Gasteiger partial charge on any atom is 0.308 e. The molecular weight excluding hydrogens is 438 g/mol. The van der Waals surface area contributed by atoms with Crippen LogP contribution in [-0.2, 0) is 19.7 Å². The Morgan fingerprint density at radius 2 is 1.75 bits per heavy atom. The van der Waals surface area contributed by atoms with Gasteiger partial charge in [-0.2, -0.15) is 0 Å². The summed E-state index contributed by atoms with van der Waals surface area (Å²) in [6, 6.07) is 10.8. The minimum Gasteiger partial charge on any atom is -0.456 e. The molecule has 0 aliphatic heterocycles. The molecule has 0 bridgehead atoms. The van der Waals surface area contributed by atoms with Crippen LogP contribution >= 0.6 is 11.6 Å².